The summed E-state index contributed by atoms with van der Waals surface area (Å²) in [6.45, 7) is 5.28. The van der Waals surface area contributed by atoms with Crippen LogP contribution in [-0.4, -0.2) is 64.7 Å². The van der Waals surface area contributed by atoms with Crippen molar-refractivity contribution in [1.82, 2.24) is 19.8 Å². The monoisotopic (exact) mass is 468 g/mol. The molecule has 0 atom stereocenters. The highest BCUT2D eigenvalue weighted by Gasteiger charge is 2.22. The molecule has 1 saturated heterocycles. The van der Waals surface area contributed by atoms with E-state index in [4.69, 9.17) is 15.3 Å². The van der Waals surface area contributed by atoms with Gasteiger partial charge in [-0.25, -0.2) is 4.68 Å². The zero-order valence-electron chi connectivity index (χ0n) is 18.8. The number of piperazine rings is 1. The van der Waals surface area contributed by atoms with Gasteiger partial charge in [0.05, 0.1) is 12.9 Å². The van der Waals surface area contributed by atoms with Crippen molar-refractivity contribution in [3.63, 3.8) is 0 Å². The Labute approximate surface area is 197 Å². The van der Waals surface area contributed by atoms with Gasteiger partial charge in [0.25, 0.3) is 0 Å². The number of hydrogen-bond donors (Lipinski definition) is 1. The third-order valence-corrected chi connectivity index (χ3v) is 6.40. The quantitative estimate of drug-likeness (QED) is 0.397. The van der Waals surface area contributed by atoms with E-state index in [1.807, 2.05) is 23.1 Å². The number of carbonyl (C=O) groups is 1. The number of hydrogen-bond acceptors (Lipinski definition) is 8. The average Bonchev–Trinajstić information content (AvgIpc) is 3.20. The number of rotatable bonds is 8. The maximum absolute atomic E-state index is 12.7. The fraction of sp³-hybridized carbons (Fsp3) is 0.348. The van der Waals surface area contributed by atoms with E-state index in [1.54, 1.807) is 13.2 Å². The van der Waals surface area contributed by atoms with Crippen LogP contribution in [0.5, 0.6) is 11.5 Å². The Hall–Kier alpha value is -3.40. The van der Waals surface area contributed by atoms with Crippen molar-refractivity contribution in [2.24, 2.45) is 0 Å². The van der Waals surface area contributed by atoms with Crippen LogP contribution in [0.2, 0.25) is 0 Å². The third kappa shape index (κ3) is 5.70. The van der Waals surface area contributed by atoms with E-state index in [1.165, 1.54) is 27.7 Å². The lowest BCUT2D eigenvalue weighted by Gasteiger charge is -2.36. The molecule has 2 aromatic carbocycles. The molecule has 33 heavy (non-hydrogen) atoms. The summed E-state index contributed by atoms with van der Waals surface area (Å²) in [4.78, 5) is 16.9. The highest BCUT2D eigenvalue weighted by atomic mass is 32.2. The predicted molar refractivity (Wildman–Crippen MR) is 128 cm³/mol. The molecule has 3 aromatic rings. The van der Waals surface area contributed by atoms with Gasteiger partial charge in [0, 0.05) is 37.9 Å². The van der Waals surface area contributed by atoms with Crippen LogP contribution in [0, 0.1) is 6.92 Å². The van der Waals surface area contributed by atoms with Gasteiger partial charge in [-0.2, -0.15) is 0 Å². The van der Waals surface area contributed by atoms with E-state index in [9.17, 15) is 4.79 Å². The largest absolute Gasteiger partial charge is 0.497 e. The Morgan fingerprint density at radius 2 is 1.82 bits per heavy atom. The normalized spacial score (nSPS) is 13.8. The highest BCUT2D eigenvalue weighted by Crippen LogP contribution is 2.22. The van der Waals surface area contributed by atoms with Gasteiger partial charge in [-0.15, -0.1) is 10.2 Å². The molecule has 1 fully saturated rings. The number of methoxy groups -OCH3 is 1. The summed E-state index contributed by atoms with van der Waals surface area (Å²) in [7, 11) is 1.60. The molecule has 1 amide bonds. The van der Waals surface area contributed by atoms with Crippen LogP contribution >= 0.6 is 11.8 Å². The topological polar surface area (TPSA) is 98.7 Å². The van der Waals surface area contributed by atoms with Crippen LogP contribution in [0.15, 0.2) is 53.7 Å². The number of thioether (sulfide) groups is 1. The number of aromatic nitrogens is 3. The molecule has 1 aliphatic heterocycles. The van der Waals surface area contributed by atoms with Gasteiger partial charge in [0.15, 0.2) is 5.82 Å². The minimum absolute atomic E-state index is 0.0704. The molecule has 2 N–H and O–H groups in total. The van der Waals surface area contributed by atoms with Crippen LogP contribution in [0.25, 0.3) is 0 Å². The zero-order valence-corrected chi connectivity index (χ0v) is 19.6. The minimum atomic E-state index is 0.0704. The molecular weight excluding hydrogens is 440 g/mol. The molecule has 0 spiro atoms. The summed E-state index contributed by atoms with van der Waals surface area (Å²) in [5.41, 5.74) is 2.44. The van der Waals surface area contributed by atoms with Gasteiger partial charge in [-0.05, 0) is 36.8 Å². The molecular formula is C23H28N6O3S. The van der Waals surface area contributed by atoms with Gasteiger partial charge in [0.2, 0.25) is 11.1 Å². The smallest absolute Gasteiger partial charge is 0.233 e. The standard InChI is InChI=1S/C23H28N6O3S/c1-17-5-3-6-18(13-17)27-9-11-28(12-10-27)22(30)16-33-23-26-25-21(29(23)24)15-32-20-8-4-7-19(14-20)31-2/h3-8,13-14H,9-12,15-16,24H2,1-2H3. The number of ether oxygens (including phenoxy) is 2. The Bertz CT molecular complexity index is 1100. The second kappa shape index (κ2) is 10.5. The average molecular weight is 469 g/mol. The van der Waals surface area contributed by atoms with Crippen molar-refractivity contribution in [2.75, 3.05) is 49.8 Å². The first kappa shape index (κ1) is 22.8. The van der Waals surface area contributed by atoms with E-state index in [0.29, 0.717) is 35.6 Å². The van der Waals surface area contributed by atoms with Crippen LogP contribution in [0.1, 0.15) is 11.4 Å². The molecule has 174 valence electrons. The molecule has 0 bridgehead atoms. The zero-order chi connectivity index (χ0) is 23.2. The predicted octanol–water partition coefficient (Wildman–Crippen LogP) is 2.33. The summed E-state index contributed by atoms with van der Waals surface area (Å²) in [5, 5.41) is 8.68. The van der Waals surface area contributed by atoms with Gasteiger partial charge in [-0.3, -0.25) is 4.79 Å². The first-order valence-corrected chi connectivity index (χ1v) is 11.7. The lowest BCUT2D eigenvalue weighted by Crippen LogP contribution is -2.49. The van der Waals surface area contributed by atoms with E-state index in [2.05, 4.69) is 46.3 Å². The summed E-state index contributed by atoms with van der Waals surface area (Å²) in [6.07, 6.45) is 0. The molecule has 9 nitrogen and oxygen atoms in total. The first-order chi connectivity index (χ1) is 16.0. The van der Waals surface area contributed by atoms with Crippen molar-refractivity contribution in [2.45, 2.75) is 18.7 Å². The van der Waals surface area contributed by atoms with Crippen LogP contribution in [-0.2, 0) is 11.4 Å². The SMILES string of the molecule is COc1cccc(OCc2nnc(SCC(=O)N3CCN(c4cccc(C)c4)CC3)n2N)c1. The molecule has 0 radical (unpaired) electrons. The van der Waals surface area contributed by atoms with Crippen LogP contribution in [0.3, 0.4) is 0 Å². The molecule has 0 saturated carbocycles. The lowest BCUT2D eigenvalue weighted by atomic mass is 10.2. The molecule has 0 aliphatic carbocycles. The number of benzene rings is 2. The molecule has 10 heteroatoms. The summed E-state index contributed by atoms with van der Waals surface area (Å²) in [6, 6.07) is 15.7. The fourth-order valence-corrected chi connectivity index (χ4v) is 4.38. The molecule has 1 aliphatic rings. The Morgan fingerprint density at radius 3 is 2.58 bits per heavy atom. The van der Waals surface area contributed by atoms with E-state index in [-0.39, 0.29) is 18.3 Å². The second-order valence-corrected chi connectivity index (χ2v) is 8.67. The fourth-order valence-electron chi connectivity index (χ4n) is 3.60. The maximum atomic E-state index is 12.7. The van der Waals surface area contributed by atoms with Crippen molar-refractivity contribution >= 4 is 23.4 Å². The van der Waals surface area contributed by atoms with Crippen molar-refractivity contribution in [1.29, 1.82) is 0 Å². The number of nitrogens with zero attached hydrogens (tertiary/aromatic N) is 5. The summed E-state index contributed by atoms with van der Waals surface area (Å²) in [5.74, 6) is 8.27. The van der Waals surface area contributed by atoms with E-state index in [0.717, 1.165) is 13.1 Å². The Kier molecular flexibility index (Phi) is 7.23. The summed E-state index contributed by atoms with van der Waals surface area (Å²) < 4.78 is 12.3. The van der Waals surface area contributed by atoms with Gasteiger partial charge >= 0.3 is 0 Å². The molecule has 0 unspecified atom stereocenters. The second-order valence-electron chi connectivity index (χ2n) is 7.73. The molecule has 4 rings (SSSR count). The first-order valence-electron chi connectivity index (χ1n) is 10.7. The van der Waals surface area contributed by atoms with Gasteiger partial charge in [-0.1, -0.05) is 30.0 Å². The van der Waals surface area contributed by atoms with Crippen molar-refractivity contribution in [3.05, 3.63) is 59.9 Å². The number of nitrogens with two attached hydrogens (primary N) is 1. The number of amides is 1. The van der Waals surface area contributed by atoms with Crippen molar-refractivity contribution < 1.29 is 14.3 Å². The van der Waals surface area contributed by atoms with Crippen molar-refractivity contribution in [3.8, 4) is 11.5 Å². The van der Waals surface area contributed by atoms with Crippen LogP contribution in [0.4, 0.5) is 5.69 Å². The van der Waals surface area contributed by atoms with Gasteiger partial charge < -0.3 is 25.1 Å². The lowest BCUT2D eigenvalue weighted by molar-refractivity contribution is -0.128. The number of anilines is 1. The Morgan fingerprint density at radius 1 is 1.06 bits per heavy atom. The van der Waals surface area contributed by atoms with Gasteiger partial charge in [0.1, 0.15) is 18.1 Å². The van der Waals surface area contributed by atoms with E-state index >= 15 is 0 Å². The number of aryl methyl sites for hydroxylation is 1. The summed E-state index contributed by atoms with van der Waals surface area (Å²) >= 11 is 1.28. The highest BCUT2D eigenvalue weighted by molar-refractivity contribution is 7.99. The maximum Gasteiger partial charge on any atom is 0.233 e. The van der Waals surface area contributed by atoms with E-state index < -0.39 is 0 Å². The number of carbonyl (C=O) groups excluding carboxylic acids is 1. The molecule has 1 aromatic heterocycles. The Balaban J connectivity index is 1.25. The minimum Gasteiger partial charge on any atom is -0.497 e. The number of nitrogen functional groups attached to an aromatic ring is 1. The molecule has 2 heterocycles. The third-order valence-electron chi connectivity index (χ3n) is 5.47. The van der Waals surface area contributed by atoms with Crippen LogP contribution < -0.4 is 20.2 Å².